The third kappa shape index (κ3) is 4.17. The van der Waals surface area contributed by atoms with E-state index in [2.05, 4.69) is 5.10 Å². The van der Waals surface area contributed by atoms with Crippen LogP contribution in [0.1, 0.15) is 20.7 Å². The predicted molar refractivity (Wildman–Crippen MR) is 90.5 cm³/mol. The summed E-state index contributed by atoms with van der Waals surface area (Å²) in [5.74, 6) is 0.635. The van der Waals surface area contributed by atoms with E-state index in [0.29, 0.717) is 16.9 Å². The lowest BCUT2D eigenvalue weighted by molar-refractivity contribution is -0.683. The van der Waals surface area contributed by atoms with Gasteiger partial charge in [0.25, 0.3) is 6.33 Å². The first kappa shape index (κ1) is 16.6. The molecule has 3 aromatic rings. The SMILES string of the molecule is COc1ccc(C(=O)C[n+]2cnn(CC(=O)c3ccccc3)c2)cc1. The van der Waals surface area contributed by atoms with Gasteiger partial charge in [0.05, 0.1) is 7.11 Å². The Hall–Kier alpha value is -3.28. The van der Waals surface area contributed by atoms with Crippen molar-refractivity contribution in [2.24, 2.45) is 0 Å². The first-order valence-electron chi connectivity index (χ1n) is 7.83. The second-order valence-electron chi connectivity index (χ2n) is 5.56. The lowest BCUT2D eigenvalue weighted by atomic mass is 10.1. The molecule has 0 aliphatic rings. The molecule has 0 spiro atoms. The molecule has 0 N–H and O–H groups in total. The maximum Gasteiger partial charge on any atom is 0.265 e. The summed E-state index contributed by atoms with van der Waals surface area (Å²) in [6, 6.07) is 16.0. The lowest BCUT2D eigenvalue weighted by Gasteiger charge is -2.01. The molecule has 6 heteroatoms. The molecule has 126 valence electrons. The van der Waals surface area contributed by atoms with Crippen LogP contribution >= 0.6 is 0 Å². The maximum absolute atomic E-state index is 12.3. The molecule has 0 radical (unpaired) electrons. The number of rotatable bonds is 7. The first-order valence-corrected chi connectivity index (χ1v) is 7.83. The number of hydrogen-bond donors (Lipinski definition) is 0. The first-order chi connectivity index (χ1) is 12.2. The molecule has 0 aliphatic heterocycles. The highest BCUT2D eigenvalue weighted by Crippen LogP contribution is 2.11. The third-order valence-corrected chi connectivity index (χ3v) is 3.77. The normalized spacial score (nSPS) is 10.4. The minimum atomic E-state index is -0.0402. The molecule has 0 saturated heterocycles. The number of Topliss-reactive ketones (excluding diaryl/α,β-unsaturated/α-hetero) is 2. The molecule has 0 aliphatic carbocycles. The smallest absolute Gasteiger partial charge is 0.265 e. The average Bonchev–Trinajstić information content (AvgIpc) is 3.09. The van der Waals surface area contributed by atoms with E-state index in [1.807, 2.05) is 18.2 Å². The number of carbonyl (C=O) groups is 2. The highest BCUT2D eigenvalue weighted by Gasteiger charge is 2.15. The summed E-state index contributed by atoms with van der Waals surface area (Å²) in [5.41, 5.74) is 1.24. The Bertz CT molecular complexity index is 870. The second-order valence-corrected chi connectivity index (χ2v) is 5.56. The number of ketones is 2. The van der Waals surface area contributed by atoms with Gasteiger partial charge in [-0.05, 0) is 24.3 Å². The Morgan fingerprint density at radius 3 is 2.36 bits per heavy atom. The van der Waals surface area contributed by atoms with Crippen LogP contribution in [0, 0.1) is 0 Å². The summed E-state index contributed by atoms with van der Waals surface area (Å²) in [7, 11) is 1.58. The zero-order valence-electron chi connectivity index (χ0n) is 13.8. The largest absolute Gasteiger partial charge is 0.497 e. The molecular weight excluding hydrogens is 318 g/mol. The lowest BCUT2D eigenvalue weighted by Crippen LogP contribution is -2.36. The van der Waals surface area contributed by atoms with E-state index >= 15 is 0 Å². The van der Waals surface area contributed by atoms with Gasteiger partial charge in [0.1, 0.15) is 12.3 Å². The van der Waals surface area contributed by atoms with Crippen LogP contribution in [-0.2, 0) is 13.1 Å². The number of nitrogens with zero attached hydrogens (tertiary/aromatic N) is 3. The van der Waals surface area contributed by atoms with Crippen LogP contribution in [0.4, 0.5) is 0 Å². The molecule has 0 bridgehead atoms. The Morgan fingerprint density at radius 1 is 1.00 bits per heavy atom. The zero-order chi connectivity index (χ0) is 17.6. The molecule has 0 unspecified atom stereocenters. The van der Waals surface area contributed by atoms with Crippen molar-refractivity contribution in [1.82, 2.24) is 9.78 Å². The van der Waals surface area contributed by atoms with Gasteiger partial charge in [-0.3, -0.25) is 9.59 Å². The summed E-state index contributed by atoms with van der Waals surface area (Å²) >= 11 is 0. The Balaban J connectivity index is 1.63. The van der Waals surface area contributed by atoms with E-state index < -0.39 is 0 Å². The number of ether oxygens (including phenoxy) is 1. The average molecular weight is 336 g/mol. The summed E-state index contributed by atoms with van der Waals surface area (Å²) < 4.78 is 8.26. The van der Waals surface area contributed by atoms with Gasteiger partial charge in [-0.25, -0.2) is 4.57 Å². The summed E-state index contributed by atoms with van der Waals surface area (Å²) in [5, 5.41) is 4.14. The van der Waals surface area contributed by atoms with Gasteiger partial charge >= 0.3 is 0 Å². The maximum atomic E-state index is 12.3. The Kier molecular flexibility index (Phi) is 4.99. The van der Waals surface area contributed by atoms with Gasteiger partial charge in [-0.2, -0.15) is 0 Å². The van der Waals surface area contributed by atoms with Crippen molar-refractivity contribution in [3.63, 3.8) is 0 Å². The van der Waals surface area contributed by atoms with E-state index in [-0.39, 0.29) is 24.7 Å². The van der Waals surface area contributed by atoms with Gasteiger partial charge in [-0.1, -0.05) is 30.3 Å². The van der Waals surface area contributed by atoms with E-state index in [9.17, 15) is 9.59 Å². The number of carbonyl (C=O) groups excluding carboxylic acids is 2. The molecule has 0 fully saturated rings. The molecule has 0 amide bonds. The van der Waals surface area contributed by atoms with Crippen molar-refractivity contribution in [3.05, 3.63) is 78.4 Å². The molecule has 25 heavy (non-hydrogen) atoms. The Morgan fingerprint density at radius 2 is 1.68 bits per heavy atom. The minimum Gasteiger partial charge on any atom is -0.497 e. The summed E-state index contributed by atoms with van der Waals surface area (Å²) in [6.07, 6.45) is 3.20. The summed E-state index contributed by atoms with van der Waals surface area (Å²) in [6.45, 7) is 0.291. The van der Waals surface area contributed by atoms with Crippen molar-refractivity contribution in [2.75, 3.05) is 7.11 Å². The predicted octanol–water partition coefficient (Wildman–Crippen LogP) is 1.94. The monoisotopic (exact) mass is 336 g/mol. The van der Waals surface area contributed by atoms with Crippen molar-refractivity contribution in [2.45, 2.75) is 13.1 Å². The van der Waals surface area contributed by atoms with Crippen LogP contribution in [0.15, 0.2) is 67.3 Å². The van der Waals surface area contributed by atoms with Gasteiger partial charge in [0.2, 0.25) is 6.33 Å². The van der Waals surface area contributed by atoms with Crippen LogP contribution in [0.3, 0.4) is 0 Å². The van der Waals surface area contributed by atoms with Gasteiger partial charge in [0.15, 0.2) is 18.1 Å². The van der Waals surface area contributed by atoms with Crippen LogP contribution in [0.5, 0.6) is 5.75 Å². The van der Waals surface area contributed by atoms with Crippen LogP contribution in [0.25, 0.3) is 0 Å². The minimum absolute atomic E-state index is 0.0302. The number of hydrogen-bond acceptors (Lipinski definition) is 4. The van der Waals surface area contributed by atoms with Gasteiger partial charge in [-0.15, -0.1) is 4.68 Å². The molecule has 2 aromatic carbocycles. The highest BCUT2D eigenvalue weighted by molar-refractivity contribution is 5.96. The van der Waals surface area contributed by atoms with E-state index in [0.717, 1.165) is 0 Å². The quantitative estimate of drug-likeness (QED) is 0.489. The van der Waals surface area contributed by atoms with Crippen LogP contribution in [-0.4, -0.2) is 28.5 Å². The number of benzene rings is 2. The third-order valence-electron chi connectivity index (χ3n) is 3.77. The molecule has 0 saturated carbocycles. The van der Waals surface area contributed by atoms with Gasteiger partial charge in [0, 0.05) is 16.2 Å². The highest BCUT2D eigenvalue weighted by atomic mass is 16.5. The standard InChI is InChI=1S/C19H18N3O3/c1-25-17-9-7-16(8-10-17)18(23)11-21-13-20-22(14-21)12-19(24)15-5-3-2-4-6-15/h2-10,13-14H,11-12H2,1H3/q+1. The fraction of sp³-hybridized carbons (Fsp3) is 0.158. The number of aromatic nitrogens is 3. The second kappa shape index (κ2) is 7.53. The molecule has 3 rings (SSSR count). The van der Waals surface area contributed by atoms with E-state index in [4.69, 9.17) is 4.74 Å². The fourth-order valence-electron chi connectivity index (χ4n) is 2.42. The molecule has 1 heterocycles. The van der Waals surface area contributed by atoms with Gasteiger partial charge < -0.3 is 4.74 Å². The molecular formula is C19H18N3O3+. The van der Waals surface area contributed by atoms with Crippen molar-refractivity contribution in [3.8, 4) is 5.75 Å². The van der Waals surface area contributed by atoms with E-state index in [1.54, 1.807) is 60.7 Å². The number of methoxy groups -OCH3 is 1. The van der Waals surface area contributed by atoms with Crippen LogP contribution < -0.4 is 9.30 Å². The van der Waals surface area contributed by atoms with E-state index in [1.165, 1.54) is 4.68 Å². The zero-order valence-corrected chi connectivity index (χ0v) is 13.8. The molecule has 0 atom stereocenters. The van der Waals surface area contributed by atoms with Crippen LogP contribution in [0.2, 0.25) is 0 Å². The fourth-order valence-corrected chi connectivity index (χ4v) is 2.42. The Labute approximate surface area is 145 Å². The summed E-state index contributed by atoms with van der Waals surface area (Å²) in [4.78, 5) is 24.5. The topological polar surface area (TPSA) is 65.1 Å². The molecule has 6 nitrogen and oxygen atoms in total. The van der Waals surface area contributed by atoms with Crippen molar-refractivity contribution >= 4 is 11.6 Å². The van der Waals surface area contributed by atoms with Crippen molar-refractivity contribution in [1.29, 1.82) is 0 Å². The molecule has 1 aromatic heterocycles. The van der Waals surface area contributed by atoms with Crippen molar-refractivity contribution < 1.29 is 18.9 Å².